The van der Waals surface area contributed by atoms with E-state index < -0.39 is 6.10 Å². The zero-order chi connectivity index (χ0) is 15.2. The van der Waals surface area contributed by atoms with Crippen LogP contribution in [0.25, 0.3) is 0 Å². The van der Waals surface area contributed by atoms with Crippen molar-refractivity contribution in [3.05, 3.63) is 29.8 Å². The minimum Gasteiger partial charge on any atom is -0.479 e. The van der Waals surface area contributed by atoms with Gasteiger partial charge in [-0.05, 0) is 51.3 Å². The van der Waals surface area contributed by atoms with Gasteiger partial charge in [-0.25, -0.2) is 4.79 Å². The highest BCUT2D eigenvalue weighted by atomic mass is 16.6. The quantitative estimate of drug-likeness (QED) is 0.779. The van der Waals surface area contributed by atoms with Crippen LogP contribution in [0.2, 0.25) is 0 Å². The van der Waals surface area contributed by atoms with E-state index in [-0.39, 0.29) is 11.5 Å². The van der Waals surface area contributed by atoms with Gasteiger partial charge in [0.25, 0.3) is 0 Å². The lowest BCUT2D eigenvalue weighted by molar-refractivity contribution is -0.151. The molecule has 20 heavy (non-hydrogen) atoms. The number of hydrogen-bond acceptors (Lipinski definition) is 4. The molecule has 112 valence electrons. The molecule has 0 radical (unpaired) electrons. The second-order valence-corrected chi connectivity index (χ2v) is 5.58. The zero-order valence-corrected chi connectivity index (χ0v) is 12.8. The third kappa shape index (κ3) is 5.61. The molecule has 1 aromatic carbocycles. The van der Waals surface area contributed by atoms with Crippen LogP contribution in [0.1, 0.15) is 39.7 Å². The third-order valence-corrected chi connectivity index (χ3v) is 2.78. The first-order chi connectivity index (χ1) is 9.35. The first-order valence-electron chi connectivity index (χ1n) is 7.07. The fraction of sp³-hybridized carbons (Fsp3) is 0.562. The Morgan fingerprint density at radius 2 is 1.85 bits per heavy atom. The second-order valence-electron chi connectivity index (χ2n) is 5.58. The molecule has 1 atom stereocenters. The minimum absolute atomic E-state index is 0.237. The molecule has 0 aromatic heterocycles. The number of carbonyl (C=O) groups excluding carboxylic acids is 1. The van der Waals surface area contributed by atoms with Crippen molar-refractivity contribution in [2.45, 2.75) is 52.2 Å². The minimum atomic E-state index is -0.549. The van der Waals surface area contributed by atoms with E-state index in [1.165, 1.54) is 0 Å². The molecule has 1 rings (SSSR count). The van der Waals surface area contributed by atoms with Gasteiger partial charge in [0.1, 0.15) is 5.75 Å². The Bertz CT molecular complexity index is 420. The van der Waals surface area contributed by atoms with E-state index in [1.807, 2.05) is 45.0 Å². The number of rotatable bonds is 7. The summed E-state index contributed by atoms with van der Waals surface area (Å²) in [4.78, 5) is 11.7. The maximum Gasteiger partial charge on any atom is 0.347 e. The molecule has 0 saturated heterocycles. The number of ether oxygens (including phenoxy) is 2. The van der Waals surface area contributed by atoms with E-state index in [4.69, 9.17) is 15.2 Å². The summed E-state index contributed by atoms with van der Waals surface area (Å²) in [6.45, 7) is 8.03. The number of benzene rings is 1. The van der Waals surface area contributed by atoms with Gasteiger partial charge in [0.15, 0.2) is 6.10 Å². The van der Waals surface area contributed by atoms with Crippen LogP contribution < -0.4 is 10.5 Å². The Hall–Kier alpha value is -1.55. The average molecular weight is 279 g/mol. The van der Waals surface area contributed by atoms with Crippen LogP contribution in [0.4, 0.5) is 0 Å². The zero-order valence-electron chi connectivity index (χ0n) is 12.8. The number of carbonyl (C=O) groups is 1. The summed E-state index contributed by atoms with van der Waals surface area (Å²) in [5.41, 5.74) is 6.90. The summed E-state index contributed by atoms with van der Waals surface area (Å²) in [5.74, 6) is 0.352. The Morgan fingerprint density at radius 3 is 2.30 bits per heavy atom. The summed E-state index contributed by atoms with van der Waals surface area (Å²) in [7, 11) is 0. The molecule has 0 amide bonds. The molecule has 1 unspecified atom stereocenters. The highest BCUT2D eigenvalue weighted by molar-refractivity contribution is 5.75. The molecule has 0 aliphatic rings. The Morgan fingerprint density at radius 1 is 1.25 bits per heavy atom. The molecule has 0 saturated carbocycles. The summed E-state index contributed by atoms with van der Waals surface area (Å²) in [6, 6.07) is 7.68. The monoisotopic (exact) mass is 279 g/mol. The van der Waals surface area contributed by atoms with Gasteiger partial charge in [-0.3, -0.25) is 0 Å². The molecule has 0 spiro atoms. The number of nitrogens with two attached hydrogens (primary N) is 1. The van der Waals surface area contributed by atoms with Crippen LogP contribution in [0, 0.1) is 0 Å². The van der Waals surface area contributed by atoms with Gasteiger partial charge in [0, 0.05) is 5.54 Å². The van der Waals surface area contributed by atoms with E-state index in [0.717, 1.165) is 12.0 Å². The molecule has 0 aliphatic heterocycles. The lowest BCUT2D eigenvalue weighted by Gasteiger charge is -2.19. The summed E-state index contributed by atoms with van der Waals surface area (Å²) < 4.78 is 10.6. The van der Waals surface area contributed by atoms with Gasteiger partial charge in [-0.15, -0.1) is 0 Å². The van der Waals surface area contributed by atoms with Gasteiger partial charge in [0.2, 0.25) is 0 Å². The molecule has 0 aliphatic carbocycles. The lowest BCUT2D eigenvalue weighted by atomic mass is 9.96. The Balaban J connectivity index is 2.66. The maximum atomic E-state index is 11.7. The van der Waals surface area contributed by atoms with E-state index in [1.54, 1.807) is 6.92 Å². The number of esters is 1. The average Bonchev–Trinajstić information content (AvgIpc) is 2.36. The van der Waals surface area contributed by atoms with E-state index >= 15 is 0 Å². The second kappa shape index (κ2) is 7.29. The van der Waals surface area contributed by atoms with Crippen LogP contribution in [0.5, 0.6) is 5.75 Å². The van der Waals surface area contributed by atoms with Gasteiger partial charge in [-0.1, -0.05) is 19.1 Å². The van der Waals surface area contributed by atoms with Crippen molar-refractivity contribution in [2.24, 2.45) is 5.73 Å². The molecule has 4 heteroatoms. The largest absolute Gasteiger partial charge is 0.479 e. The number of hydrogen-bond donors (Lipinski definition) is 1. The van der Waals surface area contributed by atoms with Gasteiger partial charge < -0.3 is 15.2 Å². The summed E-state index contributed by atoms with van der Waals surface area (Å²) >= 11 is 0. The third-order valence-electron chi connectivity index (χ3n) is 2.78. The van der Waals surface area contributed by atoms with Crippen LogP contribution in [-0.2, 0) is 16.0 Å². The first kappa shape index (κ1) is 16.5. The molecular weight excluding hydrogens is 254 g/mol. The Kier molecular flexibility index (Phi) is 6.02. The highest BCUT2D eigenvalue weighted by Crippen LogP contribution is 2.18. The van der Waals surface area contributed by atoms with Crippen molar-refractivity contribution in [3.8, 4) is 5.75 Å². The molecule has 0 fully saturated rings. The standard InChI is InChI=1S/C16H25NO3/c1-5-14(15(18)19-6-2)20-13-9-7-12(8-10-13)11-16(3,4)17/h7-10,14H,5-6,11,17H2,1-4H3. The normalized spacial score (nSPS) is 12.8. The van der Waals surface area contributed by atoms with Gasteiger partial charge in [-0.2, -0.15) is 0 Å². The molecule has 2 N–H and O–H groups in total. The first-order valence-corrected chi connectivity index (χ1v) is 7.07. The summed E-state index contributed by atoms with van der Waals surface area (Å²) in [6.07, 6.45) is 0.824. The lowest BCUT2D eigenvalue weighted by Crippen LogP contribution is -2.34. The smallest absolute Gasteiger partial charge is 0.347 e. The van der Waals surface area contributed by atoms with Crippen LogP contribution >= 0.6 is 0 Å². The van der Waals surface area contributed by atoms with Crippen LogP contribution in [0.15, 0.2) is 24.3 Å². The predicted molar refractivity (Wildman–Crippen MR) is 79.8 cm³/mol. The summed E-state index contributed by atoms with van der Waals surface area (Å²) in [5, 5.41) is 0. The molecule has 0 bridgehead atoms. The molecule has 1 aromatic rings. The van der Waals surface area contributed by atoms with Crippen LogP contribution in [0.3, 0.4) is 0 Å². The maximum absolute atomic E-state index is 11.7. The van der Waals surface area contributed by atoms with Crippen molar-refractivity contribution in [1.29, 1.82) is 0 Å². The van der Waals surface area contributed by atoms with Gasteiger partial charge in [0.05, 0.1) is 6.61 Å². The van der Waals surface area contributed by atoms with Crippen molar-refractivity contribution in [3.63, 3.8) is 0 Å². The van der Waals surface area contributed by atoms with E-state index in [0.29, 0.717) is 18.8 Å². The molecular formula is C16H25NO3. The fourth-order valence-corrected chi connectivity index (χ4v) is 1.91. The topological polar surface area (TPSA) is 61.5 Å². The van der Waals surface area contributed by atoms with E-state index in [9.17, 15) is 4.79 Å². The highest BCUT2D eigenvalue weighted by Gasteiger charge is 2.19. The van der Waals surface area contributed by atoms with Crippen molar-refractivity contribution in [2.75, 3.05) is 6.61 Å². The molecule has 0 heterocycles. The van der Waals surface area contributed by atoms with Gasteiger partial charge >= 0.3 is 5.97 Å². The van der Waals surface area contributed by atoms with Crippen LogP contribution in [-0.4, -0.2) is 24.2 Å². The van der Waals surface area contributed by atoms with Crippen molar-refractivity contribution in [1.82, 2.24) is 0 Å². The Labute approximate surface area is 121 Å². The fourth-order valence-electron chi connectivity index (χ4n) is 1.91. The van der Waals surface area contributed by atoms with E-state index in [2.05, 4.69) is 0 Å². The SMILES string of the molecule is CCOC(=O)C(CC)Oc1ccc(CC(C)(C)N)cc1. The van der Waals surface area contributed by atoms with Crippen molar-refractivity contribution < 1.29 is 14.3 Å². The molecule has 4 nitrogen and oxygen atoms in total. The predicted octanol–water partition coefficient (Wildman–Crippen LogP) is 2.69. The van der Waals surface area contributed by atoms with Crippen molar-refractivity contribution >= 4 is 5.97 Å².